The summed E-state index contributed by atoms with van der Waals surface area (Å²) in [6.45, 7) is 3.50. The van der Waals surface area contributed by atoms with E-state index >= 15 is 0 Å². The van der Waals surface area contributed by atoms with Gasteiger partial charge in [0.1, 0.15) is 0 Å². The van der Waals surface area contributed by atoms with Crippen molar-refractivity contribution in [3.63, 3.8) is 0 Å². The number of likely N-dealkylation sites (N-methyl/N-ethyl adjacent to an activating group) is 1. The van der Waals surface area contributed by atoms with Crippen molar-refractivity contribution in [3.8, 4) is 0 Å². The Morgan fingerprint density at radius 2 is 1.79 bits per heavy atom. The summed E-state index contributed by atoms with van der Waals surface area (Å²) in [6.07, 6.45) is 7.21. The van der Waals surface area contributed by atoms with Gasteiger partial charge in [0.25, 0.3) is 0 Å². The minimum absolute atomic E-state index is 0.780. The van der Waals surface area contributed by atoms with E-state index in [4.69, 9.17) is 11.6 Å². The first-order valence-corrected chi connectivity index (χ1v) is 7.46. The van der Waals surface area contributed by atoms with E-state index in [0.29, 0.717) is 0 Å². The van der Waals surface area contributed by atoms with Gasteiger partial charge in [-0.25, -0.2) is 0 Å². The molecule has 19 heavy (non-hydrogen) atoms. The number of nitrogens with zero attached hydrogens (tertiary/aromatic N) is 2. The molecule has 0 N–H and O–H groups in total. The molecule has 3 rings (SSSR count). The zero-order valence-corrected chi connectivity index (χ0v) is 12.2. The molecule has 2 aliphatic rings. The van der Waals surface area contributed by atoms with Gasteiger partial charge in [0, 0.05) is 36.7 Å². The molecule has 2 fully saturated rings. The fourth-order valence-corrected chi connectivity index (χ4v) is 3.39. The number of hydrogen-bond acceptors (Lipinski definition) is 2. The van der Waals surface area contributed by atoms with Crippen LogP contribution in [0, 0.1) is 0 Å². The van der Waals surface area contributed by atoms with Crippen LogP contribution in [-0.4, -0.2) is 48.6 Å². The molecule has 0 saturated carbocycles. The molecule has 2 aliphatic heterocycles. The van der Waals surface area contributed by atoms with Gasteiger partial charge < -0.3 is 0 Å². The van der Waals surface area contributed by atoms with Gasteiger partial charge in [-0.3, -0.25) is 9.80 Å². The molecular formula is C16H21ClN2. The van der Waals surface area contributed by atoms with Gasteiger partial charge in [-0.05, 0) is 37.6 Å². The smallest absolute Gasteiger partial charge is 0.0406 e. The van der Waals surface area contributed by atoms with E-state index in [1.165, 1.54) is 31.5 Å². The van der Waals surface area contributed by atoms with Crippen LogP contribution in [0.3, 0.4) is 0 Å². The standard InChI is InChI=1S/C16H21ClN2/c1-18-15-8-9-16(18)12-19(11-15)10-2-3-13-4-6-14(17)7-5-13/h2-7,15-16H,8-12H2,1H3. The van der Waals surface area contributed by atoms with E-state index in [9.17, 15) is 0 Å². The predicted molar refractivity (Wildman–Crippen MR) is 81.5 cm³/mol. The monoisotopic (exact) mass is 276 g/mol. The summed E-state index contributed by atoms with van der Waals surface area (Å²) in [6, 6.07) is 9.57. The lowest BCUT2D eigenvalue weighted by Crippen LogP contribution is -2.51. The molecule has 1 aromatic carbocycles. The van der Waals surface area contributed by atoms with E-state index in [-0.39, 0.29) is 0 Å². The summed E-state index contributed by atoms with van der Waals surface area (Å²) in [5, 5.41) is 0.799. The van der Waals surface area contributed by atoms with Gasteiger partial charge in [-0.1, -0.05) is 35.9 Å². The van der Waals surface area contributed by atoms with Gasteiger partial charge in [-0.2, -0.15) is 0 Å². The number of halogens is 1. The molecule has 0 spiro atoms. The van der Waals surface area contributed by atoms with Crippen molar-refractivity contribution in [3.05, 3.63) is 40.9 Å². The Morgan fingerprint density at radius 3 is 2.42 bits per heavy atom. The second-order valence-corrected chi connectivity index (χ2v) is 6.16. The Balaban J connectivity index is 1.54. The summed E-state index contributed by atoms with van der Waals surface area (Å²) in [5.41, 5.74) is 1.22. The highest BCUT2D eigenvalue weighted by Crippen LogP contribution is 2.28. The Hall–Kier alpha value is -0.830. The first-order chi connectivity index (χ1) is 9.22. The second-order valence-electron chi connectivity index (χ2n) is 5.72. The van der Waals surface area contributed by atoms with Crippen LogP contribution in [0.5, 0.6) is 0 Å². The van der Waals surface area contributed by atoms with Gasteiger partial charge in [-0.15, -0.1) is 0 Å². The lowest BCUT2D eigenvalue weighted by atomic mass is 10.2. The Morgan fingerprint density at radius 1 is 1.16 bits per heavy atom. The molecule has 2 heterocycles. The zero-order chi connectivity index (χ0) is 13.2. The van der Waals surface area contributed by atoms with Crippen molar-refractivity contribution in [1.82, 2.24) is 9.80 Å². The Bertz CT molecular complexity index is 440. The fourth-order valence-electron chi connectivity index (χ4n) is 3.26. The molecule has 3 heteroatoms. The molecule has 2 bridgehead atoms. The minimum atomic E-state index is 0.780. The van der Waals surface area contributed by atoms with Gasteiger partial charge in [0.15, 0.2) is 0 Å². The average molecular weight is 277 g/mol. The average Bonchev–Trinajstić information content (AvgIpc) is 2.64. The molecule has 2 unspecified atom stereocenters. The molecule has 0 aliphatic carbocycles. The van der Waals surface area contributed by atoms with Crippen LogP contribution >= 0.6 is 11.6 Å². The van der Waals surface area contributed by atoms with Crippen molar-refractivity contribution in [2.45, 2.75) is 24.9 Å². The van der Waals surface area contributed by atoms with Crippen LogP contribution in [0.2, 0.25) is 5.02 Å². The zero-order valence-electron chi connectivity index (χ0n) is 11.4. The van der Waals surface area contributed by atoms with Crippen LogP contribution in [-0.2, 0) is 0 Å². The van der Waals surface area contributed by atoms with E-state index in [2.05, 4.69) is 41.1 Å². The predicted octanol–water partition coefficient (Wildman–Crippen LogP) is 3.13. The molecule has 0 amide bonds. The molecule has 0 radical (unpaired) electrons. The Labute approximate surface area is 120 Å². The number of benzene rings is 1. The van der Waals surface area contributed by atoms with E-state index in [0.717, 1.165) is 23.7 Å². The third-order valence-corrected chi connectivity index (χ3v) is 4.72. The summed E-state index contributed by atoms with van der Waals surface area (Å²) >= 11 is 5.88. The molecular weight excluding hydrogens is 256 g/mol. The van der Waals surface area contributed by atoms with Crippen molar-refractivity contribution in [2.24, 2.45) is 0 Å². The van der Waals surface area contributed by atoms with Crippen molar-refractivity contribution in [1.29, 1.82) is 0 Å². The molecule has 102 valence electrons. The molecule has 1 aromatic rings. The highest BCUT2D eigenvalue weighted by atomic mass is 35.5. The van der Waals surface area contributed by atoms with Gasteiger partial charge in [0.2, 0.25) is 0 Å². The normalized spacial score (nSPS) is 28.3. The third-order valence-electron chi connectivity index (χ3n) is 4.47. The number of rotatable bonds is 3. The largest absolute Gasteiger partial charge is 0.298 e. The highest BCUT2D eigenvalue weighted by Gasteiger charge is 2.36. The molecule has 2 atom stereocenters. The number of piperazine rings is 1. The summed E-state index contributed by atoms with van der Waals surface area (Å²) < 4.78 is 0. The van der Waals surface area contributed by atoms with Crippen LogP contribution < -0.4 is 0 Å². The fraction of sp³-hybridized carbons (Fsp3) is 0.500. The van der Waals surface area contributed by atoms with Crippen molar-refractivity contribution in [2.75, 3.05) is 26.7 Å². The van der Waals surface area contributed by atoms with Crippen LogP contribution in [0.1, 0.15) is 18.4 Å². The van der Waals surface area contributed by atoms with Crippen LogP contribution in [0.25, 0.3) is 6.08 Å². The number of likely N-dealkylation sites (tertiary alicyclic amines) is 1. The lowest BCUT2D eigenvalue weighted by Gasteiger charge is -2.38. The summed E-state index contributed by atoms with van der Waals surface area (Å²) in [4.78, 5) is 5.15. The quantitative estimate of drug-likeness (QED) is 0.837. The second kappa shape index (κ2) is 5.66. The highest BCUT2D eigenvalue weighted by molar-refractivity contribution is 6.30. The Kier molecular flexibility index (Phi) is 3.92. The molecule has 0 aromatic heterocycles. The van der Waals surface area contributed by atoms with Crippen LogP contribution in [0.15, 0.2) is 30.3 Å². The summed E-state index contributed by atoms with van der Waals surface area (Å²) in [5.74, 6) is 0. The summed E-state index contributed by atoms with van der Waals surface area (Å²) in [7, 11) is 2.28. The molecule has 2 nitrogen and oxygen atoms in total. The lowest BCUT2D eigenvalue weighted by molar-refractivity contribution is 0.0973. The van der Waals surface area contributed by atoms with Crippen LogP contribution in [0.4, 0.5) is 0 Å². The first-order valence-electron chi connectivity index (χ1n) is 7.09. The third kappa shape index (κ3) is 3.02. The molecule has 2 saturated heterocycles. The number of hydrogen-bond donors (Lipinski definition) is 0. The van der Waals surface area contributed by atoms with E-state index in [1.807, 2.05) is 12.1 Å². The van der Waals surface area contributed by atoms with Gasteiger partial charge >= 0.3 is 0 Å². The van der Waals surface area contributed by atoms with Gasteiger partial charge in [0.05, 0.1) is 0 Å². The first kappa shape index (κ1) is 13.2. The van der Waals surface area contributed by atoms with Crippen molar-refractivity contribution < 1.29 is 0 Å². The van der Waals surface area contributed by atoms with E-state index in [1.54, 1.807) is 0 Å². The maximum absolute atomic E-state index is 5.88. The maximum atomic E-state index is 5.88. The van der Waals surface area contributed by atoms with Crippen molar-refractivity contribution >= 4 is 17.7 Å². The van der Waals surface area contributed by atoms with E-state index < -0.39 is 0 Å². The maximum Gasteiger partial charge on any atom is 0.0406 e. The minimum Gasteiger partial charge on any atom is -0.298 e. The number of fused-ring (bicyclic) bond motifs is 2. The topological polar surface area (TPSA) is 6.48 Å². The SMILES string of the molecule is CN1C2CCC1CN(CC=Cc1ccc(Cl)cc1)C2.